The zero-order chi connectivity index (χ0) is 18.4. The van der Waals surface area contributed by atoms with E-state index in [1.165, 1.54) is 12.3 Å². The number of hydrogen-bond donors (Lipinski definition) is 1. The first-order valence-corrected chi connectivity index (χ1v) is 8.13. The zero-order valence-corrected chi connectivity index (χ0v) is 14.2. The largest absolute Gasteiger partial charge is 0.357 e. The molecule has 1 N–H and O–H groups in total. The SMILES string of the molecule is CCCN(CCC)c1cc(C(=O)Nc2ccc(F)c(F)c2F)ccn1. The van der Waals surface area contributed by atoms with Crippen LogP contribution in [0.3, 0.4) is 0 Å². The molecule has 1 aromatic carbocycles. The molecular formula is C18H20F3N3O. The maximum Gasteiger partial charge on any atom is 0.255 e. The van der Waals surface area contributed by atoms with Gasteiger partial charge in [-0.15, -0.1) is 0 Å². The predicted molar refractivity (Wildman–Crippen MR) is 91.3 cm³/mol. The number of carbonyl (C=O) groups excluding carboxylic acids is 1. The maximum absolute atomic E-state index is 13.7. The number of nitrogens with zero attached hydrogens (tertiary/aromatic N) is 2. The minimum Gasteiger partial charge on any atom is -0.357 e. The molecule has 7 heteroatoms. The zero-order valence-electron chi connectivity index (χ0n) is 14.2. The number of anilines is 2. The van der Waals surface area contributed by atoms with E-state index >= 15 is 0 Å². The number of benzene rings is 1. The molecule has 134 valence electrons. The number of rotatable bonds is 7. The molecule has 0 bridgehead atoms. The molecule has 0 radical (unpaired) electrons. The van der Waals surface area contributed by atoms with Crippen LogP contribution in [0.25, 0.3) is 0 Å². The highest BCUT2D eigenvalue weighted by molar-refractivity contribution is 6.04. The van der Waals surface area contributed by atoms with E-state index in [-0.39, 0.29) is 5.56 Å². The minimum absolute atomic E-state index is 0.256. The fourth-order valence-corrected chi connectivity index (χ4v) is 2.43. The van der Waals surface area contributed by atoms with Gasteiger partial charge in [-0.2, -0.15) is 0 Å². The van der Waals surface area contributed by atoms with Crippen molar-refractivity contribution in [1.82, 2.24) is 4.98 Å². The lowest BCUT2D eigenvalue weighted by Crippen LogP contribution is -2.26. The van der Waals surface area contributed by atoms with Crippen molar-refractivity contribution in [3.63, 3.8) is 0 Å². The Morgan fingerprint density at radius 1 is 1.08 bits per heavy atom. The summed E-state index contributed by atoms with van der Waals surface area (Å²) in [5, 5.41) is 2.26. The van der Waals surface area contributed by atoms with E-state index in [9.17, 15) is 18.0 Å². The van der Waals surface area contributed by atoms with E-state index in [2.05, 4.69) is 15.2 Å². The normalized spacial score (nSPS) is 10.6. The lowest BCUT2D eigenvalue weighted by Gasteiger charge is -2.22. The molecule has 25 heavy (non-hydrogen) atoms. The van der Waals surface area contributed by atoms with Crippen LogP contribution in [0, 0.1) is 17.5 Å². The summed E-state index contributed by atoms with van der Waals surface area (Å²) in [6.07, 6.45) is 3.35. The number of halogens is 3. The van der Waals surface area contributed by atoms with Crippen molar-refractivity contribution in [2.45, 2.75) is 26.7 Å². The summed E-state index contributed by atoms with van der Waals surface area (Å²) in [7, 11) is 0. The number of nitrogens with one attached hydrogen (secondary N) is 1. The van der Waals surface area contributed by atoms with Gasteiger partial charge in [0.15, 0.2) is 17.5 Å². The third-order valence-electron chi connectivity index (χ3n) is 3.60. The van der Waals surface area contributed by atoms with Gasteiger partial charge in [0.25, 0.3) is 5.91 Å². The molecule has 0 aliphatic carbocycles. The van der Waals surface area contributed by atoms with Gasteiger partial charge in [0.1, 0.15) is 5.82 Å². The molecule has 0 aliphatic heterocycles. The Hall–Kier alpha value is -2.57. The second kappa shape index (κ2) is 8.50. The number of pyridine rings is 1. The predicted octanol–water partition coefficient (Wildman–Crippen LogP) is 4.38. The van der Waals surface area contributed by atoms with Gasteiger partial charge in [-0.1, -0.05) is 13.8 Å². The van der Waals surface area contributed by atoms with E-state index in [1.54, 1.807) is 6.07 Å². The molecule has 1 heterocycles. The molecule has 0 unspecified atom stereocenters. The second-order valence-corrected chi connectivity index (χ2v) is 5.57. The van der Waals surface area contributed by atoms with Gasteiger partial charge in [0.05, 0.1) is 5.69 Å². The van der Waals surface area contributed by atoms with Crippen LogP contribution in [0.5, 0.6) is 0 Å². The standard InChI is InChI=1S/C18H20F3N3O/c1-3-9-24(10-4-2)15-11-12(7-8-22-15)18(25)23-14-6-5-13(19)16(20)17(14)21/h5-8,11H,3-4,9-10H2,1-2H3,(H,23,25). The van der Waals surface area contributed by atoms with Crippen molar-refractivity contribution in [2.24, 2.45) is 0 Å². The third-order valence-corrected chi connectivity index (χ3v) is 3.60. The molecule has 2 rings (SSSR count). The first-order chi connectivity index (χ1) is 12.0. The first kappa shape index (κ1) is 18.8. The van der Waals surface area contributed by atoms with Gasteiger partial charge in [-0.3, -0.25) is 4.79 Å². The molecule has 1 aromatic heterocycles. The molecule has 4 nitrogen and oxygen atoms in total. The average Bonchev–Trinajstić information content (AvgIpc) is 2.62. The summed E-state index contributed by atoms with van der Waals surface area (Å²) < 4.78 is 39.9. The van der Waals surface area contributed by atoms with Crippen LogP contribution >= 0.6 is 0 Å². The molecule has 0 saturated carbocycles. The third kappa shape index (κ3) is 4.49. The van der Waals surface area contributed by atoms with Gasteiger partial charge in [0, 0.05) is 24.8 Å². The Morgan fingerprint density at radius 2 is 1.76 bits per heavy atom. The van der Waals surface area contributed by atoms with Gasteiger partial charge in [-0.05, 0) is 37.1 Å². The smallest absolute Gasteiger partial charge is 0.255 e. The molecule has 1 amide bonds. The number of aromatic nitrogens is 1. The van der Waals surface area contributed by atoms with Crippen molar-refractivity contribution in [3.05, 3.63) is 53.5 Å². The quantitative estimate of drug-likeness (QED) is 0.753. The van der Waals surface area contributed by atoms with E-state index in [4.69, 9.17) is 0 Å². The van der Waals surface area contributed by atoms with Crippen LogP contribution in [0.1, 0.15) is 37.0 Å². The maximum atomic E-state index is 13.7. The molecule has 0 atom stereocenters. The van der Waals surface area contributed by atoms with Gasteiger partial charge < -0.3 is 10.2 Å². The topological polar surface area (TPSA) is 45.2 Å². The number of carbonyl (C=O) groups is 1. The number of hydrogen-bond acceptors (Lipinski definition) is 3. The molecule has 0 saturated heterocycles. The number of amides is 1. The van der Waals surface area contributed by atoms with Crippen molar-refractivity contribution < 1.29 is 18.0 Å². The van der Waals surface area contributed by atoms with E-state index in [0.29, 0.717) is 5.82 Å². The Bertz CT molecular complexity index is 746. The first-order valence-electron chi connectivity index (χ1n) is 8.13. The molecule has 0 aliphatic rings. The summed E-state index contributed by atoms with van der Waals surface area (Å²) in [4.78, 5) is 18.6. The summed E-state index contributed by atoms with van der Waals surface area (Å²) in [5.74, 6) is -4.34. The molecule has 0 fully saturated rings. The summed E-state index contributed by atoms with van der Waals surface area (Å²) in [5.41, 5.74) is -0.160. The molecular weight excluding hydrogens is 331 g/mol. The highest BCUT2D eigenvalue weighted by Crippen LogP contribution is 2.21. The minimum atomic E-state index is -1.62. The van der Waals surface area contributed by atoms with Gasteiger partial charge in [-0.25, -0.2) is 18.2 Å². The molecule has 2 aromatic rings. The van der Waals surface area contributed by atoms with E-state index in [1.807, 2.05) is 13.8 Å². The van der Waals surface area contributed by atoms with Crippen LogP contribution in [0.15, 0.2) is 30.5 Å². The summed E-state index contributed by atoms with van der Waals surface area (Å²) in [6, 6.07) is 4.82. The Morgan fingerprint density at radius 3 is 2.40 bits per heavy atom. The summed E-state index contributed by atoms with van der Waals surface area (Å²) in [6.45, 7) is 5.68. The lowest BCUT2D eigenvalue weighted by molar-refractivity contribution is 0.102. The van der Waals surface area contributed by atoms with Crippen LogP contribution in [0.4, 0.5) is 24.7 Å². The monoisotopic (exact) mass is 351 g/mol. The van der Waals surface area contributed by atoms with Gasteiger partial charge >= 0.3 is 0 Å². The van der Waals surface area contributed by atoms with E-state index < -0.39 is 29.0 Å². The second-order valence-electron chi connectivity index (χ2n) is 5.57. The Kier molecular flexibility index (Phi) is 6.38. The van der Waals surface area contributed by atoms with Crippen LogP contribution in [-0.2, 0) is 0 Å². The summed E-state index contributed by atoms with van der Waals surface area (Å²) >= 11 is 0. The van der Waals surface area contributed by atoms with Crippen molar-refractivity contribution >= 4 is 17.4 Å². The Labute approximate surface area is 144 Å². The van der Waals surface area contributed by atoms with Crippen molar-refractivity contribution in [3.8, 4) is 0 Å². The van der Waals surface area contributed by atoms with Gasteiger partial charge in [0.2, 0.25) is 0 Å². The van der Waals surface area contributed by atoms with Crippen LogP contribution in [0.2, 0.25) is 0 Å². The fraction of sp³-hybridized carbons (Fsp3) is 0.333. The molecule has 0 spiro atoms. The van der Waals surface area contributed by atoms with Crippen LogP contribution < -0.4 is 10.2 Å². The van der Waals surface area contributed by atoms with Crippen LogP contribution in [-0.4, -0.2) is 24.0 Å². The van der Waals surface area contributed by atoms with E-state index in [0.717, 1.165) is 38.1 Å². The fourth-order valence-electron chi connectivity index (χ4n) is 2.43. The highest BCUT2D eigenvalue weighted by Gasteiger charge is 2.17. The average molecular weight is 351 g/mol. The lowest BCUT2D eigenvalue weighted by atomic mass is 10.2. The Balaban J connectivity index is 2.22. The highest BCUT2D eigenvalue weighted by atomic mass is 19.2. The van der Waals surface area contributed by atoms with Crippen molar-refractivity contribution in [2.75, 3.05) is 23.3 Å². The van der Waals surface area contributed by atoms with Crippen molar-refractivity contribution in [1.29, 1.82) is 0 Å².